The van der Waals surface area contributed by atoms with E-state index in [0.29, 0.717) is 6.04 Å². The van der Waals surface area contributed by atoms with Crippen LogP contribution in [0.3, 0.4) is 0 Å². The monoisotopic (exact) mass is 226 g/mol. The van der Waals surface area contributed by atoms with Crippen LogP contribution in [0.15, 0.2) is 12.2 Å². The van der Waals surface area contributed by atoms with E-state index in [2.05, 4.69) is 32.7 Å². The number of allylic oxidation sites excluding steroid dienone is 1. The predicted octanol–water partition coefficient (Wildman–Crippen LogP) is 3.23. The van der Waals surface area contributed by atoms with Crippen molar-refractivity contribution in [3.8, 4) is 0 Å². The van der Waals surface area contributed by atoms with Crippen LogP contribution in [0.2, 0.25) is 0 Å². The van der Waals surface area contributed by atoms with Crippen LogP contribution in [0.1, 0.15) is 59.3 Å². The Balaban J connectivity index is 3.77. The quantitative estimate of drug-likeness (QED) is 0.592. The van der Waals surface area contributed by atoms with Crippen LogP contribution < -0.4 is 11.1 Å². The molecule has 0 amide bonds. The number of hydrogen-bond acceptors (Lipinski definition) is 2. The van der Waals surface area contributed by atoms with Gasteiger partial charge in [0.25, 0.3) is 0 Å². The molecule has 0 aromatic rings. The molecule has 0 aromatic heterocycles. The van der Waals surface area contributed by atoms with Gasteiger partial charge in [0.05, 0.1) is 0 Å². The van der Waals surface area contributed by atoms with Crippen molar-refractivity contribution in [2.45, 2.75) is 70.9 Å². The molecule has 2 nitrogen and oxygen atoms in total. The lowest BCUT2D eigenvalue weighted by molar-refractivity contribution is 0.346. The Morgan fingerprint density at radius 3 is 2.56 bits per heavy atom. The van der Waals surface area contributed by atoms with Gasteiger partial charge in [-0.2, -0.15) is 0 Å². The number of nitrogens with two attached hydrogens (primary N) is 1. The first-order valence-corrected chi connectivity index (χ1v) is 6.54. The number of nitrogens with one attached hydrogen (secondary N) is 1. The fourth-order valence-corrected chi connectivity index (χ4v) is 2.12. The van der Waals surface area contributed by atoms with Gasteiger partial charge in [-0.3, -0.25) is 0 Å². The predicted molar refractivity (Wildman–Crippen MR) is 73.6 cm³/mol. The molecule has 0 aromatic carbocycles. The van der Waals surface area contributed by atoms with Gasteiger partial charge in [-0.15, -0.1) is 0 Å². The van der Waals surface area contributed by atoms with Gasteiger partial charge in [0, 0.05) is 11.6 Å². The molecule has 0 saturated carbocycles. The van der Waals surface area contributed by atoms with Crippen molar-refractivity contribution < 1.29 is 0 Å². The van der Waals surface area contributed by atoms with Crippen LogP contribution in [-0.4, -0.2) is 18.6 Å². The topological polar surface area (TPSA) is 38.0 Å². The molecule has 16 heavy (non-hydrogen) atoms. The molecule has 0 bridgehead atoms. The van der Waals surface area contributed by atoms with E-state index in [-0.39, 0.29) is 5.54 Å². The van der Waals surface area contributed by atoms with E-state index in [1.165, 1.54) is 18.4 Å². The van der Waals surface area contributed by atoms with Crippen molar-refractivity contribution in [3.05, 3.63) is 12.2 Å². The van der Waals surface area contributed by atoms with E-state index in [0.717, 1.165) is 25.7 Å². The minimum atomic E-state index is -0.0467. The molecule has 0 aliphatic heterocycles. The summed E-state index contributed by atoms with van der Waals surface area (Å²) in [4.78, 5) is 0. The van der Waals surface area contributed by atoms with E-state index in [9.17, 15) is 0 Å². The average Bonchev–Trinajstić information content (AvgIpc) is 2.16. The molecular formula is C14H30N2. The lowest BCUT2D eigenvalue weighted by atomic mass is 9.88. The summed E-state index contributed by atoms with van der Waals surface area (Å²) >= 11 is 0. The van der Waals surface area contributed by atoms with Crippen LogP contribution >= 0.6 is 0 Å². The zero-order valence-corrected chi connectivity index (χ0v) is 11.6. The normalized spacial score (nSPS) is 16.8. The summed E-state index contributed by atoms with van der Waals surface area (Å²) in [6.07, 6.45) is 6.78. The van der Waals surface area contributed by atoms with Gasteiger partial charge in [-0.05, 0) is 53.0 Å². The highest BCUT2D eigenvalue weighted by atomic mass is 14.9. The SMILES string of the molecule is C=C(CCC)CCCC(C)(N)CC(C)NC. The van der Waals surface area contributed by atoms with Crippen molar-refractivity contribution in [1.29, 1.82) is 0 Å². The first-order chi connectivity index (χ1) is 7.41. The molecule has 0 heterocycles. The Hall–Kier alpha value is -0.340. The van der Waals surface area contributed by atoms with Crippen LogP contribution in [0.25, 0.3) is 0 Å². The molecule has 2 unspecified atom stereocenters. The highest BCUT2D eigenvalue weighted by molar-refractivity contribution is 4.94. The molecule has 0 fully saturated rings. The molecule has 0 aliphatic carbocycles. The van der Waals surface area contributed by atoms with Crippen LogP contribution in [0.4, 0.5) is 0 Å². The second kappa shape index (κ2) is 7.86. The summed E-state index contributed by atoms with van der Waals surface area (Å²) in [5.41, 5.74) is 7.61. The lowest BCUT2D eigenvalue weighted by Gasteiger charge is -2.28. The van der Waals surface area contributed by atoms with E-state index < -0.39 is 0 Å². The van der Waals surface area contributed by atoms with Crippen LogP contribution in [0, 0.1) is 0 Å². The van der Waals surface area contributed by atoms with Gasteiger partial charge in [0.1, 0.15) is 0 Å². The number of rotatable bonds is 9. The maximum absolute atomic E-state index is 6.28. The van der Waals surface area contributed by atoms with Crippen molar-refractivity contribution in [1.82, 2.24) is 5.32 Å². The molecule has 0 spiro atoms. The second-order valence-corrected chi connectivity index (χ2v) is 5.40. The minimum absolute atomic E-state index is 0.0467. The van der Waals surface area contributed by atoms with Crippen molar-refractivity contribution in [2.24, 2.45) is 5.73 Å². The average molecular weight is 226 g/mol. The Bertz CT molecular complexity index is 197. The van der Waals surface area contributed by atoms with E-state index in [4.69, 9.17) is 5.73 Å². The summed E-state index contributed by atoms with van der Waals surface area (Å²) in [6.45, 7) is 10.6. The Morgan fingerprint density at radius 2 is 2.06 bits per heavy atom. The Labute approximate surface area is 102 Å². The molecule has 2 heteroatoms. The molecule has 0 radical (unpaired) electrons. The summed E-state index contributed by atoms with van der Waals surface area (Å²) in [5.74, 6) is 0. The fourth-order valence-electron chi connectivity index (χ4n) is 2.12. The third-order valence-corrected chi connectivity index (χ3v) is 3.15. The molecule has 0 saturated heterocycles. The van der Waals surface area contributed by atoms with Crippen molar-refractivity contribution in [3.63, 3.8) is 0 Å². The summed E-state index contributed by atoms with van der Waals surface area (Å²) in [6, 6.07) is 0.494. The zero-order chi connectivity index (χ0) is 12.6. The van der Waals surface area contributed by atoms with E-state index in [1.807, 2.05) is 7.05 Å². The molecule has 96 valence electrons. The molecule has 3 N–H and O–H groups in total. The molecule has 2 atom stereocenters. The highest BCUT2D eigenvalue weighted by Crippen LogP contribution is 2.19. The van der Waals surface area contributed by atoms with Crippen molar-refractivity contribution >= 4 is 0 Å². The Morgan fingerprint density at radius 1 is 1.44 bits per heavy atom. The maximum Gasteiger partial charge on any atom is 0.0140 e. The largest absolute Gasteiger partial charge is 0.325 e. The lowest BCUT2D eigenvalue weighted by Crippen LogP contribution is -2.42. The van der Waals surface area contributed by atoms with Gasteiger partial charge in [-0.1, -0.05) is 25.5 Å². The van der Waals surface area contributed by atoms with Gasteiger partial charge in [0.2, 0.25) is 0 Å². The summed E-state index contributed by atoms with van der Waals surface area (Å²) < 4.78 is 0. The van der Waals surface area contributed by atoms with E-state index >= 15 is 0 Å². The highest BCUT2D eigenvalue weighted by Gasteiger charge is 2.20. The standard InChI is InChI=1S/C14H30N2/c1-6-8-12(2)9-7-10-14(4,15)11-13(3)16-5/h13,16H,2,6-11,15H2,1,3-5H3. The van der Waals surface area contributed by atoms with Crippen LogP contribution in [0.5, 0.6) is 0 Å². The summed E-state index contributed by atoms with van der Waals surface area (Å²) in [7, 11) is 1.99. The van der Waals surface area contributed by atoms with Gasteiger partial charge < -0.3 is 11.1 Å². The maximum atomic E-state index is 6.28. The van der Waals surface area contributed by atoms with Crippen LogP contribution in [-0.2, 0) is 0 Å². The van der Waals surface area contributed by atoms with E-state index in [1.54, 1.807) is 0 Å². The van der Waals surface area contributed by atoms with Crippen molar-refractivity contribution in [2.75, 3.05) is 7.05 Å². The number of hydrogen-bond donors (Lipinski definition) is 2. The second-order valence-electron chi connectivity index (χ2n) is 5.40. The third kappa shape index (κ3) is 7.89. The fraction of sp³-hybridized carbons (Fsp3) is 0.857. The first-order valence-electron chi connectivity index (χ1n) is 6.54. The third-order valence-electron chi connectivity index (χ3n) is 3.15. The summed E-state index contributed by atoms with van der Waals surface area (Å²) in [5, 5.41) is 3.24. The molecular weight excluding hydrogens is 196 g/mol. The Kier molecular flexibility index (Phi) is 7.69. The molecule has 0 aliphatic rings. The molecule has 0 rings (SSSR count). The smallest absolute Gasteiger partial charge is 0.0140 e. The first kappa shape index (κ1) is 15.7. The van der Waals surface area contributed by atoms with Gasteiger partial charge in [-0.25, -0.2) is 0 Å². The van der Waals surface area contributed by atoms with Gasteiger partial charge in [0.15, 0.2) is 0 Å². The zero-order valence-electron chi connectivity index (χ0n) is 11.6. The minimum Gasteiger partial charge on any atom is -0.325 e. The van der Waals surface area contributed by atoms with Gasteiger partial charge >= 0.3 is 0 Å².